The fraction of sp³-hybridized carbons (Fsp3) is 0.938. The Hall–Kier alpha value is -0.650. The molecule has 2 atom stereocenters. The second kappa shape index (κ2) is 11.0. The summed E-state index contributed by atoms with van der Waals surface area (Å²) in [5, 5.41) is 3.11. The molecule has 3 N–H and O–H groups in total. The lowest BCUT2D eigenvalue weighted by Gasteiger charge is -2.29. The van der Waals surface area contributed by atoms with Crippen LogP contribution in [-0.4, -0.2) is 56.2 Å². The molecule has 21 heavy (non-hydrogen) atoms. The van der Waals surface area contributed by atoms with E-state index < -0.39 is 0 Å². The van der Waals surface area contributed by atoms with Gasteiger partial charge in [-0.2, -0.15) is 0 Å². The molecule has 0 aromatic heterocycles. The van der Waals surface area contributed by atoms with E-state index in [0.717, 1.165) is 52.2 Å². The van der Waals surface area contributed by atoms with Gasteiger partial charge in [0.05, 0.1) is 13.2 Å². The van der Waals surface area contributed by atoms with Crippen LogP contribution in [0.15, 0.2) is 0 Å². The van der Waals surface area contributed by atoms with Crippen LogP contribution in [0, 0.1) is 5.92 Å². The van der Waals surface area contributed by atoms with Crippen molar-refractivity contribution in [1.82, 2.24) is 10.2 Å². The van der Waals surface area contributed by atoms with Crippen LogP contribution < -0.4 is 11.1 Å². The zero-order chi connectivity index (χ0) is 15.5. The number of hydrogen-bond donors (Lipinski definition) is 2. The first kappa shape index (κ1) is 18.4. The number of ether oxygens (including phenoxy) is 1. The summed E-state index contributed by atoms with van der Waals surface area (Å²) in [4.78, 5) is 14.4. The third kappa shape index (κ3) is 8.39. The van der Waals surface area contributed by atoms with E-state index >= 15 is 0 Å². The minimum atomic E-state index is 0.175. The molecule has 1 aliphatic heterocycles. The molecule has 0 bridgehead atoms. The summed E-state index contributed by atoms with van der Waals surface area (Å²) >= 11 is 0. The number of nitrogens with zero attached hydrogens (tertiary/aromatic N) is 1. The molecule has 0 saturated carbocycles. The number of carbonyl (C=O) groups excluding carboxylic acids is 1. The second-order valence-corrected chi connectivity index (χ2v) is 6.15. The van der Waals surface area contributed by atoms with Gasteiger partial charge in [-0.1, -0.05) is 19.8 Å². The summed E-state index contributed by atoms with van der Waals surface area (Å²) in [6.45, 7) is 9.45. The third-order valence-corrected chi connectivity index (χ3v) is 4.09. The molecule has 0 aromatic carbocycles. The van der Waals surface area contributed by atoms with Gasteiger partial charge in [-0.15, -0.1) is 0 Å². The van der Waals surface area contributed by atoms with Crippen molar-refractivity contribution in [2.24, 2.45) is 11.7 Å². The third-order valence-electron chi connectivity index (χ3n) is 4.09. The number of rotatable bonds is 10. The summed E-state index contributed by atoms with van der Waals surface area (Å²) in [6.07, 6.45) is 4.96. The van der Waals surface area contributed by atoms with Gasteiger partial charge in [0.15, 0.2) is 0 Å². The average Bonchev–Trinajstić information content (AvgIpc) is 2.46. The lowest BCUT2D eigenvalue weighted by Crippen LogP contribution is -2.46. The zero-order valence-corrected chi connectivity index (χ0v) is 13.8. The van der Waals surface area contributed by atoms with Gasteiger partial charge in [0, 0.05) is 32.1 Å². The van der Waals surface area contributed by atoms with E-state index in [4.69, 9.17) is 10.5 Å². The van der Waals surface area contributed by atoms with Gasteiger partial charge >= 0.3 is 0 Å². The van der Waals surface area contributed by atoms with Crippen LogP contribution in [0.5, 0.6) is 0 Å². The van der Waals surface area contributed by atoms with Gasteiger partial charge in [0.2, 0.25) is 5.91 Å². The molecule has 1 rings (SSSR count). The van der Waals surface area contributed by atoms with Gasteiger partial charge in [0.1, 0.15) is 0 Å². The minimum absolute atomic E-state index is 0.175. The van der Waals surface area contributed by atoms with Gasteiger partial charge in [-0.05, 0) is 32.2 Å². The summed E-state index contributed by atoms with van der Waals surface area (Å²) < 4.78 is 5.33. The maximum Gasteiger partial charge on any atom is 0.220 e. The Morgan fingerprint density at radius 3 is 2.62 bits per heavy atom. The second-order valence-electron chi connectivity index (χ2n) is 6.15. The summed E-state index contributed by atoms with van der Waals surface area (Å²) in [5.41, 5.74) is 5.63. The molecule has 0 radical (unpaired) electrons. The van der Waals surface area contributed by atoms with Crippen LogP contribution >= 0.6 is 0 Å². The normalized spacial score (nSPS) is 19.2. The molecule has 1 aliphatic rings. The van der Waals surface area contributed by atoms with Crippen LogP contribution in [0.25, 0.3) is 0 Å². The Labute approximate surface area is 129 Å². The van der Waals surface area contributed by atoms with Crippen LogP contribution in [0.3, 0.4) is 0 Å². The van der Waals surface area contributed by atoms with Crippen LogP contribution in [-0.2, 0) is 9.53 Å². The van der Waals surface area contributed by atoms with E-state index in [9.17, 15) is 4.79 Å². The number of hydrogen-bond acceptors (Lipinski definition) is 4. The number of nitrogens with two attached hydrogens (primary N) is 1. The molecule has 124 valence electrons. The predicted octanol–water partition coefficient (Wildman–Crippen LogP) is 1.37. The van der Waals surface area contributed by atoms with Crippen molar-refractivity contribution in [2.75, 3.05) is 39.4 Å². The van der Waals surface area contributed by atoms with Crippen molar-refractivity contribution in [3.63, 3.8) is 0 Å². The standard InChI is InChI=1S/C16H33N3O2/c1-3-4-15(7-8-17)5-6-16(20)18-14(2)13-19-9-11-21-12-10-19/h14-15H,3-13,17H2,1-2H3,(H,18,20). The van der Waals surface area contributed by atoms with Crippen molar-refractivity contribution in [3.05, 3.63) is 0 Å². The Bertz CT molecular complexity index is 275. The fourth-order valence-electron chi connectivity index (χ4n) is 2.98. The fourth-order valence-corrected chi connectivity index (χ4v) is 2.98. The Kier molecular flexibility index (Phi) is 9.63. The maximum absolute atomic E-state index is 12.0. The summed E-state index contributed by atoms with van der Waals surface area (Å²) in [7, 11) is 0. The zero-order valence-electron chi connectivity index (χ0n) is 13.8. The monoisotopic (exact) mass is 299 g/mol. The van der Waals surface area contributed by atoms with Crippen molar-refractivity contribution >= 4 is 5.91 Å². The first-order chi connectivity index (χ1) is 10.2. The molecule has 5 nitrogen and oxygen atoms in total. The Morgan fingerprint density at radius 1 is 1.29 bits per heavy atom. The first-order valence-electron chi connectivity index (χ1n) is 8.45. The van der Waals surface area contributed by atoms with Crippen LogP contribution in [0.4, 0.5) is 0 Å². The van der Waals surface area contributed by atoms with Crippen LogP contribution in [0.2, 0.25) is 0 Å². The number of amides is 1. The molecule has 0 spiro atoms. The molecular weight excluding hydrogens is 266 g/mol. The van der Waals surface area contributed by atoms with E-state index in [1.54, 1.807) is 0 Å². The van der Waals surface area contributed by atoms with E-state index in [2.05, 4.69) is 24.1 Å². The van der Waals surface area contributed by atoms with Gasteiger partial charge in [-0.25, -0.2) is 0 Å². The van der Waals surface area contributed by atoms with Crippen molar-refractivity contribution in [2.45, 2.75) is 52.0 Å². The SMILES string of the molecule is CCCC(CCN)CCC(=O)NC(C)CN1CCOCC1. The van der Waals surface area contributed by atoms with Crippen LogP contribution in [0.1, 0.15) is 46.0 Å². The number of morpholine rings is 1. The minimum Gasteiger partial charge on any atom is -0.379 e. The van der Waals surface area contributed by atoms with Crippen molar-refractivity contribution in [1.29, 1.82) is 0 Å². The van der Waals surface area contributed by atoms with Crippen molar-refractivity contribution < 1.29 is 9.53 Å². The lowest BCUT2D eigenvalue weighted by molar-refractivity contribution is -0.122. The molecule has 5 heteroatoms. The molecule has 2 unspecified atom stereocenters. The Balaban J connectivity index is 2.18. The smallest absolute Gasteiger partial charge is 0.220 e. The number of nitrogens with one attached hydrogen (secondary N) is 1. The quantitative estimate of drug-likeness (QED) is 0.639. The average molecular weight is 299 g/mol. The molecule has 1 heterocycles. The van der Waals surface area contributed by atoms with Gasteiger partial charge in [0.25, 0.3) is 0 Å². The molecule has 1 amide bonds. The molecule has 1 fully saturated rings. The van der Waals surface area contributed by atoms with E-state index in [0.29, 0.717) is 12.3 Å². The molecule has 0 aliphatic carbocycles. The highest BCUT2D eigenvalue weighted by molar-refractivity contribution is 5.76. The van der Waals surface area contributed by atoms with E-state index in [-0.39, 0.29) is 11.9 Å². The maximum atomic E-state index is 12.0. The summed E-state index contributed by atoms with van der Waals surface area (Å²) in [6, 6.07) is 0.203. The van der Waals surface area contributed by atoms with Gasteiger partial charge in [-0.3, -0.25) is 9.69 Å². The highest BCUT2D eigenvalue weighted by Crippen LogP contribution is 2.16. The molecule has 0 aromatic rings. The number of carbonyl (C=O) groups is 1. The Morgan fingerprint density at radius 2 is 2.00 bits per heavy atom. The van der Waals surface area contributed by atoms with Gasteiger partial charge < -0.3 is 15.8 Å². The predicted molar refractivity (Wildman–Crippen MR) is 86.2 cm³/mol. The highest BCUT2D eigenvalue weighted by atomic mass is 16.5. The highest BCUT2D eigenvalue weighted by Gasteiger charge is 2.16. The first-order valence-corrected chi connectivity index (χ1v) is 8.45. The largest absolute Gasteiger partial charge is 0.379 e. The molecule has 1 saturated heterocycles. The summed E-state index contributed by atoms with van der Waals surface area (Å²) in [5.74, 6) is 0.772. The topological polar surface area (TPSA) is 67.6 Å². The van der Waals surface area contributed by atoms with E-state index in [1.807, 2.05) is 0 Å². The van der Waals surface area contributed by atoms with Crippen molar-refractivity contribution in [3.8, 4) is 0 Å². The lowest BCUT2D eigenvalue weighted by atomic mass is 9.94. The van der Waals surface area contributed by atoms with E-state index in [1.165, 1.54) is 12.8 Å². The molecular formula is C16H33N3O2.